The largest absolute Gasteiger partial charge is 0.320 e. The molecule has 1 rings (SSSR count). The first kappa shape index (κ1) is 14.2. The Labute approximate surface area is 108 Å². The summed E-state index contributed by atoms with van der Waals surface area (Å²) in [7, 11) is 0. The fourth-order valence-electron chi connectivity index (χ4n) is 1.77. The fourth-order valence-corrected chi connectivity index (χ4v) is 1.77. The predicted octanol–water partition coefficient (Wildman–Crippen LogP) is 2.06. The van der Waals surface area contributed by atoms with Gasteiger partial charge in [0.15, 0.2) is 0 Å². The van der Waals surface area contributed by atoms with Gasteiger partial charge in [0.1, 0.15) is 0 Å². The molecule has 1 aromatic carbocycles. The number of benzene rings is 1. The van der Waals surface area contributed by atoms with Crippen LogP contribution in [0.2, 0.25) is 0 Å². The van der Waals surface area contributed by atoms with Crippen LogP contribution >= 0.6 is 0 Å². The number of nitriles is 1. The van der Waals surface area contributed by atoms with Gasteiger partial charge in [-0.25, -0.2) is 0 Å². The number of amides is 1. The number of para-hydroxylation sites is 1. The summed E-state index contributed by atoms with van der Waals surface area (Å²) < 4.78 is 0. The quantitative estimate of drug-likeness (QED) is 0.834. The SMILES string of the molecule is CCC[C@H](N)C(=O)N(CCC#N)c1ccccc1. The Morgan fingerprint density at radius 2 is 2.11 bits per heavy atom. The number of hydrogen-bond acceptors (Lipinski definition) is 3. The van der Waals surface area contributed by atoms with Gasteiger partial charge in [-0.3, -0.25) is 4.79 Å². The Morgan fingerprint density at radius 1 is 1.44 bits per heavy atom. The van der Waals surface area contributed by atoms with Crippen LogP contribution in [0.1, 0.15) is 26.2 Å². The normalized spacial score (nSPS) is 11.6. The zero-order chi connectivity index (χ0) is 13.4. The topological polar surface area (TPSA) is 70.1 Å². The molecule has 0 heterocycles. The number of nitrogens with zero attached hydrogens (tertiary/aromatic N) is 2. The highest BCUT2D eigenvalue weighted by Crippen LogP contribution is 2.15. The van der Waals surface area contributed by atoms with Gasteiger partial charge in [-0.05, 0) is 18.6 Å². The summed E-state index contributed by atoms with van der Waals surface area (Å²) in [6.45, 7) is 2.38. The van der Waals surface area contributed by atoms with E-state index >= 15 is 0 Å². The molecule has 0 bridgehead atoms. The third-order valence-corrected chi connectivity index (χ3v) is 2.70. The van der Waals surface area contributed by atoms with Crippen molar-refractivity contribution < 1.29 is 4.79 Å². The minimum atomic E-state index is -0.492. The first-order valence-corrected chi connectivity index (χ1v) is 6.19. The molecule has 2 N–H and O–H groups in total. The zero-order valence-corrected chi connectivity index (χ0v) is 10.7. The monoisotopic (exact) mass is 245 g/mol. The van der Waals surface area contributed by atoms with Crippen molar-refractivity contribution in [3.05, 3.63) is 30.3 Å². The van der Waals surface area contributed by atoms with Crippen LogP contribution in [0.4, 0.5) is 5.69 Å². The molecule has 0 fully saturated rings. The van der Waals surface area contributed by atoms with E-state index in [1.165, 1.54) is 0 Å². The number of anilines is 1. The highest BCUT2D eigenvalue weighted by atomic mass is 16.2. The molecule has 18 heavy (non-hydrogen) atoms. The summed E-state index contributed by atoms with van der Waals surface area (Å²) in [5.41, 5.74) is 6.66. The van der Waals surface area contributed by atoms with Crippen LogP contribution in [0, 0.1) is 11.3 Å². The van der Waals surface area contributed by atoms with E-state index in [1.807, 2.05) is 37.3 Å². The van der Waals surface area contributed by atoms with Crippen LogP contribution in [0.25, 0.3) is 0 Å². The summed E-state index contributed by atoms with van der Waals surface area (Å²) >= 11 is 0. The molecule has 1 atom stereocenters. The second-order valence-corrected chi connectivity index (χ2v) is 4.13. The van der Waals surface area contributed by atoms with Gasteiger partial charge in [0.05, 0.1) is 18.5 Å². The first-order valence-electron chi connectivity index (χ1n) is 6.19. The van der Waals surface area contributed by atoms with Crippen LogP contribution in [0.15, 0.2) is 30.3 Å². The molecular weight excluding hydrogens is 226 g/mol. The molecule has 0 spiro atoms. The van der Waals surface area contributed by atoms with Crippen molar-refractivity contribution in [2.45, 2.75) is 32.2 Å². The maximum Gasteiger partial charge on any atom is 0.243 e. The Kier molecular flexibility index (Phi) is 5.89. The van der Waals surface area contributed by atoms with Crippen molar-refractivity contribution in [2.75, 3.05) is 11.4 Å². The molecule has 96 valence electrons. The second-order valence-electron chi connectivity index (χ2n) is 4.13. The van der Waals surface area contributed by atoms with Gasteiger partial charge in [-0.1, -0.05) is 31.5 Å². The van der Waals surface area contributed by atoms with Crippen molar-refractivity contribution in [1.29, 1.82) is 5.26 Å². The van der Waals surface area contributed by atoms with E-state index in [2.05, 4.69) is 6.07 Å². The van der Waals surface area contributed by atoms with Crippen molar-refractivity contribution in [1.82, 2.24) is 0 Å². The Hall–Kier alpha value is -1.86. The zero-order valence-electron chi connectivity index (χ0n) is 10.7. The molecular formula is C14H19N3O. The lowest BCUT2D eigenvalue weighted by molar-refractivity contribution is -0.120. The standard InChI is InChI=1S/C14H19N3O/c1-2-7-13(16)14(18)17(11-6-10-15)12-8-4-3-5-9-12/h3-5,8-9,13H,2,6-7,11,16H2,1H3/t13-/m0/s1. The minimum Gasteiger partial charge on any atom is -0.320 e. The summed E-state index contributed by atoms with van der Waals surface area (Å²) in [6.07, 6.45) is 1.84. The number of nitrogens with two attached hydrogens (primary N) is 1. The number of rotatable bonds is 6. The molecule has 0 saturated carbocycles. The minimum absolute atomic E-state index is 0.113. The van der Waals surface area contributed by atoms with E-state index in [9.17, 15) is 4.79 Å². The van der Waals surface area contributed by atoms with Crippen molar-refractivity contribution in [3.8, 4) is 6.07 Å². The third kappa shape index (κ3) is 3.86. The molecule has 0 unspecified atom stereocenters. The van der Waals surface area contributed by atoms with Crippen molar-refractivity contribution >= 4 is 11.6 Å². The highest BCUT2D eigenvalue weighted by Gasteiger charge is 2.21. The van der Waals surface area contributed by atoms with E-state index in [0.29, 0.717) is 19.4 Å². The van der Waals surface area contributed by atoms with E-state index < -0.39 is 6.04 Å². The maximum absolute atomic E-state index is 12.2. The Morgan fingerprint density at radius 3 is 2.67 bits per heavy atom. The fraction of sp³-hybridized carbons (Fsp3) is 0.429. The summed E-state index contributed by atoms with van der Waals surface area (Å²) in [5.74, 6) is -0.113. The lowest BCUT2D eigenvalue weighted by Gasteiger charge is -2.24. The summed E-state index contributed by atoms with van der Waals surface area (Å²) in [4.78, 5) is 13.8. The van der Waals surface area contributed by atoms with Gasteiger partial charge < -0.3 is 10.6 Å². The van der Waals surface area contributed by atoms with E-state index in [-0.39, 0.29) is 5.91 Å². The van der Waals surface area contributed by atoms with Gasteiger partial charge in [-0.2, -0.15) is 5.26 Å². The Bertz CT molecular complexity index is 411. The number of carbonyl (C=O) groups is 1. The maximum atomic E-state index is 12.2. The van der Waals surface area contributed by atoms with Crippen LogP contribution in [0.3, 0.4) is 0 Å². The average molecular weight is 245 g/mol. The number of carbonyl (C=O) groups excluding carboxylic acids is 1. The van der Waals surface area contributed by atoms with Crippen molar-refractivity contribution in [2.24, 2.45) is 5.73 Å². The van der Waals surface area contributed by atoms with Crippen LogP contribution in [-0.2, 0) is 4.79 Å². The van der Waals surface area contributed by atoms with Crippen LogP contribution < -0.4 is 10.6 Å². The molecule has 4 heteroatoms. The molecule has 0 aliphatic rings. The van der Waals surface area contributed by atoms with Crippen LogP contribution in [0.5, 0.6) is 0 Å². The summed E-state index contributed by atoms with van der Waals surface area (Å²) in [6, 6.07) is 10.9. The molecule has 1 aromatic rings. The highest BCUT2D eigenvalue weighted by molar-refractivity contribution is 5.97. The van der Waals surface area contributed by atoms with Gasteiger partial charge in [0.25, 0.3) is 0 Å². The van der Waals surface area contributed by atoms with E-state index in [0.717, 1.165) is 12.1 Å². The smallest absolute Gasteiger partial charge is 0.243 e. The van der Waals surface area contributed by atoms with Gasteiger partial charge in [-0.15, -0.1) is 0 Å². The van der Waals surface area contributed by atoms with Gasteiger partial charge in [0, 0.05) is 12.2 Å². The van der Waals surface area contributed by atoms with Crippen LogP contribution in [-0.4, -0.2) is 18.5 Å². The lowest BCUT2D eigenvalue weighted by atomic mass is 10.1. The molecule has 0 aliphatic heterocycles. The Balaban J connectivity index is 2.85. The molecule has 0 aromatic heterocycles. The molecule has 1 amide bonds. The van der Waals surface area contributed by atoms with E-state index in [4.69, 9.17) is 11.0 Å². The molecule has 0 aliphatic carbocycles. The molecule has 4 nitrogen and oxygen atoms in total. The van der Waals surface area contributed by atoms with Gasteiger partial charge in [0.2, 0.25) is 5.91 Å². The lowest BCUT2D eigenvalue weighted by Crippen LogP contribution is -2.44. The predicted molar refractivity (Wildman–Crippen MR) is 71.9 cm³/mol. The first-order chi connectivity index (χ1) is 8.70. The van der Waals surface area contributed by atoms with Gasteiger partial charge >= 0.3 is 0 Å². The molecule has 0 radical (unpaired) electrons. The number of hydrogen-bond donors (Lipinski definition) is 1. The second kappa shape index (κ2) is 7.46. The average Bonchev–Trinajstić information content (AvgIpc) is 2.40. The molecule has 0 saturated heterocycles. The van der Waals surface area contributed by atoms with Crippen molar-refractivity contribution in [3.63, 3.8) is 0 Å². The third-order valence-electron chi connectivity index (χ3n) is 2.70. The van der Waals surface area contributed by atoms with E-state index in [1.54, 1.807) is 4.90 Å². The summed E-state index contributed by atoms with van der Waals surface area (Å²) in [5, 5.41) is 8.67.